The number of aliphatic imine (C=N–C) groups is 2. The molecule has 1 unspecified atom stereocenters. The van der Waals surface area contributed by atoms with Gasteiger partial charge in [0.25, 0.3) is 0 Å². The summed E-state index contributed by atoms with van der Waals surface area (Å²) in [7, 11) is 0. The van der Waals surface area contributed by atoms with Gasteiger partial charge in [-0.15, -0.1) is 0 Å². The standard InChI is InChI=1S/C53H37N3/c1-5-19-36(20-6-1)49-54-50(37-21-7-2-8-22-37)56-51(55-49)38-33-34-44-42(35-38)41-27-13-14-28-43(41)53(44)47-31-17-15-29-45(47)52(39-23-9-3-10-24-39,40-25-11-4-12-26-40)46-30-16-18-32-48(46)53/h1-35,49H,(H,54,55,56). The first-order valence-corrected chi connectivity index (χ1v) is 19.4. The summed E-state index contributed by atoms with van der Waals surface area (Å²) in [6.45, 7) is 0. The molecule has 1 aliphatic heterocycles. The van der Waals surface area contributed by atoms with Crippen LogP contribution in [-0.4, -0.2) is 11.7 Å². The zero-order valence-electron chi connectivity index (χ0n) is 30.7. The van der Waals surface area contributed by atoms with Crippen LogP contribution in [0.2, 0.25) is 0 Å². The van der Waals surface area contributed by atoms with Crippen LogP contribution in [0.5, 0.6) is 0 Å². The Morgan fingerprint density at radius 3 is 1.34 bits per heavy atom. The van der Waals surface area contributed by atoms with Gasteiger partial charge in [-0.25, -0.2) is 9.98 Å². The third-order valence-corrected chi connectivity index (χ3v) is 12.1. The van der Waals surface area contributed by atoms with E-state index in [4.69, 9.17) is 9.98 Å². The molecule has 1 heterocycles. The Balaban J connectivity index is 1.16. The van der Waals surface area contributed by atoms with Gasteiger partial charge in [-0.3, -0.25) is 0 Å². The molecule has 11 rings (SSSR count). The lowest BCUT2D eigenvalue weighted by Crippen LogP contribution is -2.44. The Morgan fingerprint density at radius 2 is 0.768 bits per heavy atom. The maximum Gasteiger partial charge on any atom is 0.169 e. The van der Waals surface area contributed by atoms with Crippen molar-refractivity contribution in [2.45, 2.75) is 17.0 Å². The molecule has 0 aromatic heterocycles. The van der Waals surface area contributed by atoms with Gasteiger partial charge in [0, 0.05) is 11.1 Å². The molecular weight excluding hydrogens is 679 g/mol. The van der Waals surface area contributed by atoms with E-state index in [-0.39, 0.29) is 6.17 Å². The summed E-state index contributed by atoms with van der Waals surface area (Å²) in [5.74, 6) is 1.63. The Kier molecular flexibility index (Phi) is 7.36. The first-order chi connectivity index (χ1) is 27.8. The van der Waals surface area contributed by atoms with Crippen LogP contribution in [0.1, 0.15) is 67.4 Å². The van der Waals surface area contributed by atoms with Crippen LogP contribution in [0.4, 0.5) is 0 Å². The van der Waals surface area contributed by atoms with Crippen molar-refractivity contribution in [1.82, 2.24) is 5.32 Å². The lowest BCUT2D eigenvalue weighted by molar-refractivity contribution is 0.623. The fourth-order valence-electron chi connectivity index (χ4n) is 9.86. The summed E-state index contributed by atoms with van der Waals surface area (Å²) in [6, 6.07) is 77.2. The molecule has 1 spiro atoms. The molecular formula is C53H37N3. The lowest BCUT2D eigenvalue weighted by Gasteiger charge is -2.50. The van der Waals surface area contributed by atoms with E-state index >= 15 is 0 Å². The normalized spacial score (nSPS) is 16.7. The van der Waals surface area contributed by atoms with Crippen molar-refractivity contribution < 1.29 is 0 Å². The molecule has 0 saturated carbocycles. The molecule has 8 aromatic rings. The summed E-state index contributed by atoms with van der Waals surface area (Å²) >= 11 is 0. The molecule has 1 atom stereocenters. The molecule has 8 aromatic carbocycles. The maximum absolute atomic E-state index is 5.26. The van der Waals surface area contributed by atoms with Crippen LogP contribution in [0.3, 0.4) is 0 Å². The summed E-state index contributed by atoms with van der Waals surface area (Å²) in [5, 5.41) is 3.65. The number of fused-ring (bicyclic) bond motifs is 9. The SMILES string of the molecule is c1ccc(C2=NC(c3ccccc3)N=C(c3ccc4c(c3)-c3ccccc3C43c4ccccc4C(c4ccccc4)(c4ccccc4)c4ccccc43)N2)cc1. The third kappa shape index (κ3) is 4.58. The maximum atomic E-state index is 5.26. The van der Waals surface area contributed by atoms with Gasteiger partial charge in [-0.1, -0.05) is 206 Å². The van der Waals surface area contributed by atoms with Gasteiger partial charge >= 0.3 is 0 Å². The van der Waals surface area contributed by atoms with Crippen LogP contribution in [-0.2, 0) is 10.8 Å². The van der Waals surface area contributed by atoms with Crippen LogP contribution in [0.25, 0.3) is 11.1 Å². The van der Waals surface area contributed by atoms with Crippen LogP contribution in [0, 0.1) is 0 Å². The number of benzene rings is 8. The second-order valence-electron chi connectivity index (χ2n) is 14.9. The molecule has 0 bridgehead atoms. The fraction of sp³-hybridized carbons (Fsp3) is 0.0566. The number of nitrogens with zero attached hydrogens (tertiary/aromatic N) is 2. The van der Waals surface area contributed by atoms with Gasteiger partial charge < -0.3 is 5.32 Å². The van der Waals surface area contributed by atoms with Gasteiger partial charge in [0.05, 0.1) is 10.8 Å². The number of amidine groups is 2. The number of hydrogen-bond donors (Lipinski definition) is 1. The van der Waals surface area contributed by atoms with E-state index in [1.807, 2.05) is 12.1 Å². The van der Waals surface area contributed by atoms with E-state index in [2.05, 4.69) is 206 Å². The van der Waals surface area contributed by atoms with E-state index in [0.717, 1.165) is 28.4 Å². The van der Waals surface area contributed by atoms with E-state index in [1.54, 1.807) is 0 Å². The molecule has 1 N–H and O–H groups in total. The molecule has 0 fully saturated rings. The van der Waals surface area contributed by atoms with Gasteiger partial charge in [-0.2, -0.15) is 0 Å². The third-order valence-electron chi connectivity index (χ3n) is 12.1. The zero-order valence-corrected chi connectivity index (χ0v) is 30.7. The molecule has 3 aliphatic rings. The monoisotopic (exact) mass is 715 g/mol. The summed E-state index contributed by atoms with van der Waals surface area (Å²) < 4.78 is 0. The van der Waals surface area contributed by atoms with Crippen LogP contribution in [0.15, 0.2) is 222 Å². The van der Waals surface area contributed by atoms with Gasteiger partial charge in [0.2, 0.25) is 0 Å². The predicted octanol–water partition coefficient (Wildman–Crippen LogP) is 11.2. The minimum atomic E-state index is -0.546. The predicted molar refractivity (Wildman–Crippen MR) is 227 cm³/mol. The summed E-state index contributed by atoms with van der Waals surface area (Å²) in [4.78, 5) is 10.4. The fourth-order valence-corrected chi connectivity index (χ4v) is 9.86. The van der Waals surface area contributed by atoms with Gasteiger partial charge in [0.1, 0.15) is 11.7 Å². The van der Waals surface area contributed by atoms with E-state index in [0.29, 0.717) is 0 Å². The molecule has 3 heteroatoms. The minimum absolute atomic E-state index is 0.365. The Labute approximate surface area is 327 Å². The summed E-state index contributed by atoms with van der Waals surface area (Å²) in [5.41, 5.74) is 14.8. The number of hydrogen-bond acceptors (Lipinski definition) is 3. The highest BCUT2D eigenvalue weighted by atomic mass is 15.2. The van der Waals surface area contributed by atoms with Crippen molar-refractivity contribution in [3.63, 3.8) is 0 Å². The highest BCUT2D eigenvalue weighted by Gasteiger charge is 2.56. The van der Waals surface area contributed by atoms with Crippen molar-refractivity contribution >= 4 is 11.7 Å². The van der Waals surface area contributed by atoms with Crippen molar-refractivity contribution in [2.24, 2.45) is 9.98 Å². The second kappa shape index (κ2) is 12.8. The van der Waals surface area contributed by atoms with E-state index in [9.17, 15) is 0 Å². The highest BCUT2D eigenvalue weighted by molar-refractivity contribution is 6.16. The molecule has 56 heavy (non-hydrogen) atoms. The Morgan fingerprint density at radius 1 is 0.339 bits per heavy atom. The Bertz CT molecular complexity index is 2730. The quantitative estimate of drug-likeness (QED) is 0.189. The topological polar surface area (TPSA) is 36.8 Å². The minimum Gasteiger partial charge on any atom is -0.324 e. The number of rotatable bonds is 5. The molecule has 0 amide bonds. The number of nitrogens with one attached hydrogen (secondary N) is 1. The molecule has 2 aliphatic carbocycles. The molecule has 0 radical (unpaired) electrons. The van der Waals surface area contributed by atoms with Crippen LogP contribution >= 0.6 is 0 Å². The van der Waals surface area contributed by atoms with Crippen molar-refractivity contribution in [3.8, 4) is 11.1 Å². The van der Waals surface area contributed by atoms with E-state index in [1.165, 1.54) is 55.6 Å². The zero-order chi connectivity index (χ0) is 37.1. The van der Waals surface area contributed by atoms with E-state index < -0.39 is 10.8 Å². The smallest absolute Gasteiger partial charge is 0.169 e. The average molecular weight is 716 g/mol. The van der Waals surface area contributed by atoms with Gasteiger partial charge in [-0.05, 0) is 67.3 Å². The first-order valence-electron chi connectivity index (χ1n) is 19.4. The highest BCUT2D eigenvalue weighted by Crippen LogP contribution is 2.64. The molecule has 264 valence electrons. The molecule has 0 saturated heterocycles. The molecule has 3 nitrogen and oxygen atoms in total. The van der Waals surface area contributed by atoms with Crippen molar-refractivity contribution in [1.29, 1.82) is 0 Å². The Hall–Kier alpha value is -7.10. The van der Waals surface area contributed by atoms with Crippen molar-refractivity contribution in [3.05, 3.63) is 274 Å². The largest absolute Gasteiger partial charge is 0.324 e. The average Bonchev–Trinajstić information content (AvgIpc) is 3.58. The first kappa shape index (κ1) is 32.3. The summed E-state index contributed by atoms with van der Waals surface area (Å²) in [6.07, 6.45) is -0.365. The van der Waals surface area contributed by atoms with Crippen LogP contribution < -0.4 is 5.32 Å². The lowest BCUT2D eigenvalue weighted by atomic mass is 9.51. The van der Waals surface area contributed by atoms with Crippen molar-refractivity contribution in [2.75, 3.05) is 0 Å². The van der Waals surface area contributed by atoms with Gasteiger partial charge in [0.15, 0.2) is 6.17 Å². The second-order valence-corrected chi connectivity index (χ2v) is 14.9.